The molecular formula is C23H31FN2O3. The molecule has 4 N–H and O–H groups in total. The van der Waals surface area contributed by atoms with E-state index in [-0.39, 0.29) is 23.6 Å². The molecule has 2 aromatic rings. The molecule has 29 heavy (non-hydrogen) atoms. The van der Waals surface area contributed by atoms with Gasteiger partial charge in [-0.2, -0.15) is 0 Å². The minimum atomic E-state index is -0.723. The van der Waals surface area contributed by atoms with E-state index in [4.69, 9.17) is 0 Å². The van der Waals surface area contributed by atoms with Crippen LogP contribution in [0.15, 0.2) is 42.5 Å². The Kier molecular flexibility index (Phi) is 7.38. The van der Waals surface area contributed by atoms with Crippen molar-refractivity contribution in [3.8, 4) is 0 Å². The summed E-state index contributed by atoms with van der Waals surface area (Å²) >= 11 is 0. The van der Waals surface area contributed by atoms with Gasteiger partial charge in [0, 0.05) is 11.6 Å². The Balaban J connectivity index is 2.09. The Labute approximate surface area is 172 Å². The van der Waals surface area contributed by atoms with Gasteiger partial charge in [-0.05, 0) is 53.6 Å². The molecule has 2 atom stereocenters. The lowest BCUT2D eigenvalue weighted by atomic mass is 9.70. The van der Waals surface area contributed by atoms with E-state index in [1.54, 1.807) is 36.4 Å². The van der Waals surface area contributed by atoms with Gasteiger partial charge in [-0.25, -0.2) is 9.18 Å². The number of aryl methyl sites for hydroxylation is 1. The van der Waals surface area contributed by atoms with Crippen molar-refractivity contribution in [2.75, 3.05) is 17.2 Å². The number of amides is 2. The molecular weight excluding hydrogens is 371 g/mol. The Morgan fingerprint density at radius 3 is 2.28 bits per heavy atom. The zero-order valence-corrected chi connectivity index (χ0v) is 17.7. The van der Waals surface area contributed by atoms with Gasteiger partial charge in [0.1, 0.15) is 5.82 Å². The molecule has 0 heterocycles. The number of urea groups is 1. The number of hydrogen-bond donors (Lipinski definition) is 4. The molecule has 2 amide bonds. The van der Waals surface area contributed by atoms with Gasteiger partial charge in [-0.1, -0.05) is 45.9 Å². The van der Waals surface area contributed by atoms with E-state index < -0.39 is 23.9 Å². The number of aliphatic hydroxyl groups is 2. The van der Waals surface area contributed by atoms with E-state index in [9.17, 15) is 19.4 Å². The average Bonchev–Trinajstić information content (AvgIpc) is 2.66. The largest absolute Gasteiger partial charge is 0.396 e. The first-order valence-electron chi connectivity index (χ1n) is 9.79. The number of aliphatic hydroxyl groups excluding tert-OH is 2. The molecule has 0 bridgehead atoms. The van der Waals surface area contributed by atoms with E-state index in [0.29, 0.717) is 5.69 Å². The summed E-state index contributed by atoms with van der Waals surface area (Å²) in [7, 11) is 0. The van der Waals surface area contributed by atoms with Crippen LogP contribution in [-0.2, 0) is 0 Å². The zero-order chi connectivity index (χ0) is 21.8. The van der Waals surface area contributed by atoms with Crippen molar-refractivity contribution >= 4 is 17.4 Å². The standard InChI is InChI=1S/C23H31FN2O3/c1-14(2)23(4,5)21(28)18(13-27)16-7-9-17(10-8-16)25-22(29)26-20-12-15(3)6-11-19(20)24/h6-12,14,18,21,27-28H,13H2,1-5H3,(H2,25,26,29). The quantitative estimate of drug-likeness (QED) is 0.532. The molecule has 0 saturated carbocycles. The van der Waals surface area contributed by atoms with Crippen molar-refractivity contribution in [1.82, 2.24) is 0 Å². The van der Waals surface area contributed by atoms with Crippen LogP contribution in [0.3, 0.4) is 0 Å². The third-order valence-corrected chi connectivity index (χ3v) is 5.79. The van der Waals surface area contributed by atoms with Gasteiger partial charge in [0.05, 0.1) is 18.4 Å². The summed E-state index contributed by atoms with van der Waals surface area (Å²) in [6.45, 7) is 9.68. The molecule has 2 rings (SSSR count). The van der Waals surface area contributed by atoms with Crippen molar-refractivity contribution in [2.45, 2.75) is 46.6 Å². The van der Waals surface area contributed by atoms with Crippen molar-refractivity contribution in [1.29, 1.82) is 0 Å². The molecule has 2 aromatic carbocycles. The maximum Gasteiger partial charge on any atom is 0.323 e. The molecule has 0 aliphatic rings. The summed E-state index contributed by atoms with van der Waals surface area (Å²) in [6.07, 6.45) is -0.723. The van der Waals surface area contributed by atoms with Crippen molar-refractivity contribution in [3.63, 3.8) is 0 Å². The Morgan fingerprint density at radius 2 is 1.72 bits per heavy atom. The summed E-state index contributed by atoms with van der Waals surface area (Å²) in [4.78, 5) is 12.2. The molecule has 0 spiro atoms. The van der Waals surface area contributed by atoms with Gasteiger partial charge in [0.2, 0.25) is 0 Å². The van der Waals surface area contributed by atoms with Gasteiger partial charge in [-0.15, -0.1) is 0 Å². The first-order valence-corrected chi connectivity index (χ1v) is 9.79. The molecule has 0 fully saturated rings. The van der Waals surface area contributed by atoms with Crippen LogP contribution < -0.4 is 10.6 Å². The highest BCUT2D eigenvalue weighted by Gasteiger charge is 2.37. The SMILES string of the molecule is Cc1ccc(F)c(NC(=O)Nc2ccc(C(CO)C(O)C(C)(C)C(C)C)cc2)c1. The molecule has 0 saturated heterocycles. The lowest BCUT2D eigenvalue weighted by Crippen LogP contribution is -2.40. The van der Waals surface area contributed by atoms with Crippen LogP contribution in [0.4, 0.5) is 20.6 Å². The molecule has 5 nitrogen and oxygen atoms in total. The fourth-order valence-electron chi connectivity index (χ4n) is 3.08. The summed E-state index contributed by atoms with van der Waals surface area (Å²) in [6, 6.07) is 10.9. The van der Waals surface area contributed by atoms with Crippen LogP contribution in [0.1, 0.15) is 44.7 Å². The second-order valence-corrected chi connectivity index (χ2v) is 8.39. The predicted molar refractivity (Wildman–Crippen MR) is 115 cm³/mol. The first kappa shape index (κ1) is 22.8. The average molecular weight is 403 g/mol. The van der Waals surface area contributed by atoms with Crippen LogP contribution in [0.5, 0.6) is 0 Å². The Bertz CT molecular complexity index is 835. The van der Waals surface area contributed by atoms with E-state index in [2.05, 4.69) is 10.6 Å². The van der Waals surface area contributed by atoms with Gasteiger partial charge in [0.25, 0.3) is 0 Å². The fraction of sp³-hybridized carbons (Fsp3) is 0.435. The smallest absolute Gasteiger partial charge is 0.323 e. The van der Waals surface area contributed by atoms with Crippen molar-refractivity contribution < 1.29 is 19.4 Å². The predicted octanol–water partition coefficient (Wildman–Crippen LogP) is 4.90. The van der Waals surface area contributed by atoms with E-state index in [1.165, 1.54) is 6.07 Å². The molecule has 0 aromatic heterocycles. The fourth-order valence-corrected chi connectivity index (χ4v) is 3.08. The lowest BCUT2D eigenvalue weighted by molar-refractivity contribution is -0.0158. The monoisotopic (exact) mass is 402 g/mol. The van der Waals surface area contributed by atoms with Crippen molar-refractivity contribution in [3.05, 3.63) is 59.4 Å². The van der Waals surface area contributed by atoms with Gasteiger partial charge < -0.3 is 20.8 Å². The topological polar surface area (TPSA) is 81.6 Å². The molecule has 0 aliphatic carbocycles. The molecule has 6 heteroatoms. The third-order valence-electron chi connectivity index (χ3n) is 5.79. The highest BCUT2D eigenvalue weighted by atomic mass is 19.1. The maximum atomic E-state index is 13.8. The van der Waals surface area contributed by atoms with Crippen LogP contribution in [0, 0.1) is 24.1 Å². The number of carbonyl (C=O) groups excluding carboxylic acids is 1. The molecule has 158 valence electrons. The summed E-state index contributed by atoms with van der Waals surface area (Å²) in [5.74, 6) is -0.705. The van der Waals surface area contributed by atoms with E-state index in [1.807, 2.05) is 34.6 Å². The summed E-state index contributed by atoms with van der Waals surface area (Å²) in [5.41, 5.74) is 1.88. The van der Waals surface area contributed by atoms with Gasteiger partial charge >= 0.3 is 6.03 Å². The van der Waals surface area contributed by atoms with Crippen LogP contribution >= 0.6 is 0 Å². The number of carbonyl (C=O) groups is 1. The number of benzene rings is 2. The number of anilines is 2. The van der Waals surface area contributed by atoms with Gasteiger partial charge in [-0.3, -0.25) is 0 Å². The number of nitrogens with one attached hydrogen (secondary N) is 2. The maximum absolute atomic E-state index is 13.8. The van der Waals surface area contributed by atoms with E-state index in [0.717, 1.165) is 11.1 Å². The molecule has 2 unspecified atom stereocenters. The van der Waals surface area contributed by atoms with Crippen molar-refractivity contribution in [2.24, 2.45) is 11.3 Å². The Morgan fingerprint density at radius 1 is 1.10 bits per heavy atom. The minimum absolute atomic E-state index is 0.110. The van der Waals surface area contributed by atoms with Crippen LogP contribution in [0.2, 0.25) is 0 Å². The normalized spacial score (nSPS) is 13.8. The van der Waals surface area contributed by atoms with Crippen LogP contribution in [-0.4, -0.2) is 29.0 Å². The number of rotatable bonds is 7. The highest BCUT2D eigenvalue weighted by molar-refractivity contribution is 5.99. The first-order chi connectivity index (χ1) is 13.6. The van der Waals surface area contributed by atoms with E-state index >= 15 is 0 Å². The number of halogens is 1. The molecule has 0 radical (unpaired) electrons. The summed E-state index contributed by atoms with van der Waals surface area (Å²) in [5, 5.41) is 25.8. The summed E-state index contributed by atoms with van der Waals surface area (Å²) < 4.78 is 13.8. The zero-order valence-electron chi connectivity index (χ0n) is 17.7. The highest BCUT2D eigenvalue weighted by Crippen LogP contribution is 2.38. The second kappa shape index (κ2) is 9.37. The third kappa shape index (κ3) is 5.55. The lowest BCUT2D eigenvalue weighted by Gasteiger charge is -2.38. The minimum Gasteiger partial charge on any atom is -0.396 e. The molecule has 0 aliphatic heterocycles. The second-order valence-electron chi connectivity index (χ2n) is 8.39. The van der Waals surface area contributed by atoms with Gasteiger partial charge in [0.15, 0.2) is 0 Å². The number of hydrogen-bond acceptors (Lipinski definition) is 3. The Hall–Kier alpha value is -2.44. The van der Waals surface area contributed by atoms with Crippen LogP contribution in [0.25, 0.3) is 0 Å².